The van der Waals surface area contributed by atoms with E-state index in [1.54, 1.807) is 17.0 Å². The molecule has 2 aliphatic heterocycles. The van der Waals surface area contributed by atoms with Crippen LogP contribution in [-0.4, -0.2) is 37.5 Å². The van der Waals surface area contributed by atoms with Crippen LogP contribution < -0.4 is 15.5 Å². The van der Waals surface area contributed by atoms with Gasteiger partial charge in [-0.25, -0.2) is 0 Å². The van der Waals surface area contributed by atoms with Crippen molar-refractivity contribution in [1.29, 1.82) is 0 Å². The molecule has 2 aliphatic rings. The summed E-state index contributed by atoms with van der Waals surface area (Å²) in [6.07, 6.45) is 2.35. The number of benzene rings is 1. The Morgan fingerprint density at radius 3 is 2.70 bits per heavy atom. The van der Waals surface area contributed by atoms with E-state index in [0.29, 0.717) is 11.6 Å². The highest BCUT2D eigenvalue weighted by Crippen LogP contribution is 2.26. The Hall–Kier alpha value is -1.30. The molecule has 1 aromatic carbocycles. The normalized spacial score (nSPS) is 24.2. The first kappa shape index (κ1) is 18.0. The summed E-state index contributed by atoms with van der Waals surface area (Å²) in [6, 6.07) is 7.31. The molecule has 0 saturated carbocycles. The van der Waals surface area contributed by atoms with E-state index in [-0.39, 0.29) is 42.6 Å². The fourth-order valence-corrected chi connectivity index (χ4v) is 3.17. The molecule has 2 unspecified atom stereocenters. The van der Waals surface area contributed by atoms with Crippen LogP contribution in [0.5, 0.6) is 0 Å². The van der Waals surface area contributed by atoms with E-state index >= 15 is 0 Å². The van der Waals surface area contributed by atoms with Crippen LogP contribution in [0.4, 0.5) is 5.69 Å². The van der Waals surface area contributed by atoms with E-state index in [4.69, 9.17) is 11.6 Å². The van der Waals surface area contributed by atoms with Gasteiger partial charge in [0.05, 0.1) is 5.92 Å². The zero-order chi connectivity index (χ0) is 15.5. The van der Waals surface area contributed by atoms with Gasteiger partial charge in [0, 0.05) is 36.3 Å². The molecule has 23 heavy (non-hydrogen) atoms. The van der Waals surface area contributed by atoms with Crippen LogP contribution in [0.1, 0.15) is 19.3 Å². The summed E-state index contributed by atoms with van der Waals surface area (Å²) in [5, 5.41) is 6.97. The Morgan fingerprint density at radius 1 is 1.30 bits per heavy atom. The number of amides is 2. The van der Waals surface area contributed by atoms with Crippen LogP contribution in [0.2, 0.25) is 5.02 Å². The third-order valence-electron chi connectivity index (χ3n) is 4.28. The highest BCUT2D eigenvalue weighted by molar-refractivity contribution is 6.30. The van der Waals surface area contributed by atoms with Gasteiger partial charge in [-0.3, -0.25) is 9.59 Å². The van der Waals surface area contributed by atoms with Crippen molar-refractivity contribution < 1.29 is 9.59 Å². The molecule has 7 heteroatoms. The monoisotopic (exact) mass is 357 g/mol. The van der Waals surface area contributed by atoms with E-state index in [9.17, 15) is 9.59 Å². The Balaban J connectivity index is 0.00000192. The van der Waals surface area contributed by atoms with Crippen LogP contribution in [0.3, 0.4) is 0 Å². The number of halogens is 2. The summed E-state index contributed by atoms with van der Waals surface area (Å²) in [5.74, 6) is -0.298. The number of hydrogen-bond donors (Lipinski definition) is 2. The smallest absolute Gasteiger partial charge is 0.227 e. The van der Waals surface area contributed by atoms with Crippen molar-refractivity contribution in [3.8, 4) is 0 Å². The van der Waals surface area contributed by atoms with Crippen LogP contribution in [0.15, 0.2) is 24.3 Å². The minimum atomic E-state index is -0.273. The molecule has 0 aliphatic carbocycles. The second kappa shape index (κ2) is 7.99. The van der Waals surface area contributed by atoms with Crippen LogP contribution in [0, 0.1) is 5.92 Å². The van der Waals surface area contributed by atoms with E-state index in [2.05, 4.69) is 10.6 Å². The number of carbonyl (C=O) groups is 2. The molecule has 2 saturated heterocycles. The number of anilines is 1. The van der Waals surface area contributed by atoms with Crippen molar-refractivity contribution in [3.63, 3.8) is 0 Å². The predicted molar refractivity (Wildman–Crippen MR) is 93.2 cm³/mol. The van der Waals surface area contributed by atoms with E-state index < -0.39 is 0 Å². The van der Waals surface area contributed by atoms with Crippen LogP contribution in [-0.2, 0) is 9.59 Å². The highest BCUT2D eigenvalue weighted by atomic mass is 35.5. The summed E-state index contributed by atoms with van der Waals surface area (Å²) in [7, 11) is 0. The molecule has 5 nitrogen and oxygen atoms in total. The first-order chi connectivity index (χ1) is 10.6. The Labute approximate surface area is 147 Å². The number of nitrogens with one attached hydrogen (secondary N) is 2. The Bertz CT molecular complexity index is 559. The lowest BCUT2D eigenvalue weighted by atomic mass is 10.0. The van der Waals surface area contributed by atoms with E-state index in [0.717, 1.165) is 31.6 Å². The highest BCUT2D eigenvalue weighted by Gasteiger charge is 2.35. The van der Waals surface area contributed by atoms with Gasteiger partial charge in [0.15, 0.2) is 0 Å². The SMILES string of the molecule is Cl.O=C(NC1CCCNC1)C1CC(=O)N(c2ccc(Cl)cc2)C1. The fraction of sp³-hybridized carbons (Fsp3) is 0.500. The van der Waals surface area contributed by atoms with Gasteiger partial charge in [0.1, 0.15) is 0 Å². The minimum Gasteiger partial charge on any atom is -0.352 e. The van der Waals surface area contributed by atoms with Gasteiger partial charge in [-0.2, -0.15) is 0 Å². The second-order valence-corrected chi connectivity index (χ2v) is 6.37. The Morgan fingerprint density at radius 2 is 2.04 bits per heavy atom. The van der Waals surface area contributed by atoms with Crippen molar-refractivity contribution in [3.05, 3.63) is 29.3 Å². The molecule has 1 aromatic rings. The molecule has 0 bridgehead atoms. The first-order valence-corrected chi connectivity index (χ1v) is 8.08. The average Bonchev–Trinajstić information content (AvgIpc) is 2.91. The molecular weight excluding hydrogens is 337 g/mol. The maximum Gasteiger partial charge on any atom is 0.227 e. The van der Waals surface area contributed by atoms with Gasteiger partial charge < -0.3 is 15.5 Å². The molecule has 0 aromatic heterocycles. The lowest BCUT2D eigenvalue weighted by molar-refractivity contribution is -0.127. The molecule has 2 N–H and O–H groups in total. The molecule has 126 valence electrons. The topological polar surface area (TPSA) is 61.4 Å². The summed E-state index contributed by atoms with van der Waals surface area (Å²) in [4.78, 5) is 26.2. The van der Waals surface area contributed by atoms with Gasteiger partial charge in [0.2, 0.25) is 11.8 Å². The quantitative estimate of drug-likeness (QED) is 0.869. The van der Waals surface area contributed by atoms with E-state index in [1.807, 2.05) is 12.1 Å². The fourth-order valence-electron chi connectivity index (χ4n) is 3.05. The van der Waals surface area contributed by atoms with Crippen molar-refractivity contribution in [2.24, 2.45) is 5.92 Å². The second-order valence-electron chi connectivity index (χ2n) is 5.93. The summed E-state index contributed by atoms with van der Waals surface area (Å²) >= 11 is 5.87. The van der Waals surface area contributed by atoms with Crippen molar-refractivity contribution in [1.82, 2.24) is 10.6 Å². The first-order valence-electron chi connectivity index (χ1n) is 7.70. The number of nitrogens with zero attached hydrogens (tertiary/aromatic N) is 1. The number of rotatable bonds is 3. The minimum absolute atomic E-state index is 0. The van der Waals surface area contributed by atoms with Crippen molar-refractivity contribution in [2.45, 2.75) is 25.3 Å². The van der Waals surface area contributed by atoms with Gasteiger partial charge in [-0.1, -0.05) is 11.6 Å². The van der Waals surface area contributed by atoms with Gasteiger partial charge in [-0.05, 0) is 43.7 Å². The lowest BCUT2D eigenvalue weighted by Crippen LogP contribution is -2.47. The van der Waals surface area contributed by atoms with Gasteiger partial charge in [-0.15, -0.1) is 12.4 Å². The molecule has 2 fully saturated rings. The molecule has 3 rings (SSSR count). The zero-order valence-corrected chi connectivity index (χ0v) is 14.3. The zero-order valence-electron chi connectivity index (χ0n) is 12.8. The third kappa shape index (κ3) is 4.37. The van der Waals surface area contributed by atoms with Crippen LogP contribution in [0.25, 0.3) is 0 Å². The lowest BCUT2D eigenvalue weighted by Gasteiger charge is -2.25. The maximum absolute atomic E-state index is 12.4. The summed E-state index contributed by atoms with van der Waals surface area (Å²) in [6.45, 7) is 2.26. The number of hydrogen-bond acceptors (Lipinski definition) is 3. The van der Waals surface area contributed by atoms with Crippen molar-refractivity contribution in [2.75, 3.05) is 24.5 Å². The molecular formula is C16H21Cl2N3O2. The van der Waals surface area contributed by atoms with Gasteiger partial charge in [0.25, 0.3) is 0 Å². The molecule has 2 amide bonds. The summed E-state index contributed by atoms with van der Waals surface area (Å²) in [5.41, 5.74) is 0.795. The van der Waals surface area contributed by atoms with Crippen LogP contribution >= 0.6 is 24.0 Å². The molecule has 2 atom stereocenters. The Kier molecular flexibility index (Phi) is 6.27. The standard InChI is InChI=1S/C16H20ClN3O2.ClH/c17-12-3-5-14(6-4-12)20-10-11(8-15(20)21)16(22)19-13-2-1-7-18-9-13;/h3-6,11,13,18H,1-2,7-10H2,(H,19,22);1H. The maximum atomic E-state index is 12.4. The van der Waals surface area contributed by atoms with E-state index in [1.165, 1.54) is 0 Å². The largest absolute Gasteiger partial charge is 0.352 e. The number of carbonyl (C=O) groups excluding carboxylic acids is 2. The average molecular weight is 358 g/mol. The molecule has 0 spiro atoms. The van der Waals surface area contributed by atoms with Gasteiger partial charge >= 0.3 is 0 Å². The molecule has 0 radical (unpaired) electrons. The predicted octanol–water partition coefficient (Wildman–Crippen LogP) is 1.98. The third-order valence-corrected chi connectivity index (χ3v) is 4.53. The van der Waals surface area contributed by atoms with Crippen molar-refractivity contribution >= 4 is 41.5 Å². The number of piperidine rings is 1. The molecule has 2 heterocycles. The summed E-state index contributed by atoms with van der Waals surface area (Å²) < 4.78 is 0.